The van der Waals surface area contributed by atoms with Gasteiger partial charge in [0.15, 0.2) is 0 Å². The van der Waals surface area contributed by atoms with E-state index in [0.29, 0.717) is 0 Å². The van der Waals surface area contributed by atoms with Crippen molar-refractivity contribution in [2.75, 3.05) is 0 Å². The molecule has 0 radical (unpaired) electrons. The number of rotatable bonds is 2. The minimum atomic E-state index is -1.14. The molecule has 0 saturated heterocycles. The minimum Gasteiger partial charge on any atom is -0.207 e. The molecular weight excluding hydrogens is 296 g/mol. The van der Waals surface area contributed by atoms with E-state index in [1.165, 1.54) is 19.1 Å². The topological polar surface area (TPSA) is 0 Å². The van der Waals surface area contributed by atoms with E-state index in [4.69, 9.17) is 23.2 Å². The molecule has 2 aromatic rings. The molecule has 2 aromatic carbocycles. The third kappa shape index (κ3) is 2.88. The Morgan fingerprint density at radius 3 is 2.21 bits per heavy atom. The lowest BCUT2D eigenvalue weighted by Crippen LogP contribution is -2.02. The van der Waals surface area contributed by atoms with E-state index in [1.54, 1.807) is 0 Å². The van der Waals surface area contributed by atoms with Gasteiger partial charge < -0.3 is 0 Å². The van der Waals surface area contributed by atoms with Gasteiger partial charge in [0.2, 0.25) is 0 Å². The molecule has 0 fully saturated rings. The Kier molecular flexibility index (Phi) is 4.07. The Balaban J connectivity index is 2.52. The summed E-state index contributed by atoms with van der Waals surface area (Å²) in [5.74, 6) is -1.90. The van der Waals surface area contributed by atoms with Crippen LogP contribution in [0.5, 0.6) is 0 Å². The molecule has 0 spiro atoms. The molecule has 1 unspecified atom stereocenters. The summed E-state index contributed by atoms with van der Waals surface area (Å²) in [6.07, 6.45) is 0. The Bertz CT molecular complexity index is 626. The smallest absolute Gasteiger partial charge is 0.128 e. The molecule has 100 valence electrons. The van der Waals surface area contributed by atoms with Crippen molar-refractivity contribution in [3.8, 4) is 0 Å². The minimum absolute atomic E-state index is 0.0105. The number of benzene rings is 2. The summed E-state index contributed by atoms with van der Waals surface area (Å²) in [6.45, 7) is 1.44. The molecule has 0 aromatic heterocycles. The normalized spacial score (nSPS) is 12.5. The molecule has 0 amide bonds. The van der Waals surface area contributed by atoms with Crippen LogP contribution in [0.3, 0.4) is 0 Å². The fourth-order valence-corrected chi connectivity index (χ4v) is 2.25. The predicted molar refractivity (Wildman–Crippen MR) is 70.2 cm³/mol. The van der Waals surface area contributed by atoms with Crippen LogP contribution < -0.4 is 0 Å². The summed E-state index contributed by atoms with van der Waals surface area (Å²) in [7, 11) is 0. The van der Waals surface area contributed by atoms with E-state index in [9.17, 15) is 13.2 Å². The molecule has 1 atom stereocenters. The molecule has 0 aliphatic rings. The van der Waals surface area contributed by atoms with Gasteiger partial charge >= 0.3 is 0 Å². The Morgan fingerprint density at radius 2 is 1.53 bits per heavy atom. The van der Waals surface area contributed by atoms with Gasteiger partial charge in [0.25, 0.3) is 0 Å². The van der Waals surface area contributed by atoms with Crippen LogP contribution in [0, 0.1) is 24.4 Å². The van der Waals surface area contributed by atoms with Gasteiger partial charge in [-0.25, -0.2) is 13.2 Å². The molecule has 0 aliphatic carbocycles. The lowest BCUT2D eigenvalue weighted by molar-refractivity contribution is 0.574. The SMILES string of the molecule is Cc1cc(F)c(C(Cl)c2cc(Cl)ccc2F)cc1F. The monoisotopic (exact) mass is 304 g/mol. The van der Waals surface area contributed by atoms with Gasteiger partial charge in [0, 0.05) is 16.1 Å². The maximum atomic E-state index is 13.8. The molecule has 0 aliphatic heterocycles. The summed E-state index contributed by atoms with van der Waals surface area (Å²) >= 11 is 11.8. The Morgan fingerprint density at radius 1 is 0.895 bits per heavy atom. The van der Waals surface area contributed by atoms with Crippen molar-refractivity contribution in [2.45, 2.75) is 12.3 Å². The molecule has 5 heteroatoms. The Hall–Kier alpha value is -1.19. The first kappa shape index (κ1) is 14.2. The van der Waals surface area contributed by atoms with Gasteiger partial charge in [0.1, 0.15) is 17.5 Å². The average Bonchev–Trinajstić information content (AvgIpc) is 2.36. The zero-order valence-electron chi connectivity index (χ0n) is 9.85. The van der Waals surface area contributed by atoms with Crippen molar-refractivity contribution < 1.29 is 13.2 Å². The van der Waals surface area contributed by atoms with E-state index in [0.717, 1.165) is 18.2 Å². The second kappa shape index (κ2) is 5.43. The summed E-state index contributed by atoms with van der Waals surface area (Å²) in [6, 6.07) is 5.79. The van der Waals surface area contributed by atoms with Gasteiger partial charge in [-0.15, -0.1) is 11.6 Å². The van der Waals surface area contributed by atoms with Crippen LogP contribution in [0.15, 0.2) is 30.3 Å². The highest BCUT2D eigenvalue weighted by atomic mass is 35.5. The van der Waals surface area contributed by atoms with Crippen LogP contribution in [0.25, 0.3) is 0 Å². The van der Waals surface area contributed by atoms with E-state index in [-0.39, 0.29) is 21.7 Å². The highest BCUT2D eigenvalue weighted by Crippen LogP contribution is 2.34. The van der Waals surface area contributed by atoms with E-state index in [2.05, 4.69) is 0 Å². The zero-order valence-corrected chi connectivity index (χ0v) is 11.4. The first-order valence-electron chi connectivity index (χ1n) is 5.44. The van der Waals surface area contributed by atoms with Crippen molar-refractivity contribution in [3.05, 3.63) is 69.5 Å². The summed E-state index contributed by atoms with van der Waals surface area (Å²) in [4.78, 5) is 0. The van der Waals surface area contributed by atoms with Gasteiger partial charge in [-0.3, -0.25) is 0 Å². The number of alkyl halides is 1. The summed E-state index contributed by atoms with van der Waals surface area (Å²) < 4.78 is 40.9. The maximum absolute atomic E-state index is 13.8. The number of hydrogen-bond acceptors (Lipinski definition) is 0. The largest absolute Gasteiger partial charge is 0.207 e. The molecule has 0 bridgehead atoms. The van der Waals surface area contributed by atoms with Crippen LogP contribution in [-0.2, 0) is 0 Å². The van der Waals surface area contributed by atoms with E-state index >= 15 is 0 Å². The second-order valence-corrected chi connectivity index (χ2v) is 5.02. The van der Waals surface area contributed by atoms with Gasteiger partial charge in [-0.05, 0) is 42.8 Å². The first-order chi connectivity index (χ1) is 8.90. The standard InChI is InChI=1S/C14H9Cl2F3/c1-7-4-13(19)10(6-12(7)18)14(16)9-5-8(15)2-3-11(9)17/h2-6,14H,1H3. The second-order valence-electron chi connectivity index (χ2n) is 4.15. The predicted octanol–water partition coefficient (Wildman–Crippen LogP) is 5.39. The van der Waals surface area contributed by atoms with Gasteiger partial charge in [0.05, 0.1) is 5.38 Å². The summed E-state index contributed by atoms with van der Waals surface area (Å²) in [5.41, 5.74) is 0.0546. The van der Waals surface area contributed by atoms with Crippen LogP contribution in [0.2, 0.25) is 5.02 Å². The van der Waals surface area contributed by atoms with Crippen molar-refractivity contribution in [3.63, 3.8) is 0 Å². The molecule has 0 heterocycles. The van der Waals surface area contributed by atoms with Crippen LogP contribution in [0.4, 0.5) is 13.2 Å². The molecule has 0 nitrogen and oxygen atoms in total. The highest BCUT2D eigenvalue weighted by Gasteiger charge is 2.20. The number of hydrogen-bond donors (Lipinski definition) is 0. The van der Waals surface area contributed by atoms with Crippen LogP contribution in [-0.4, -0.2) is 0 Å². The molecule has 0 N–H and O–H groups in total. The lowest BCUT2D eigenvalue weighted by atomic mass is 10.0. The van der Waals surface area contributed by atoms with Crippen molar-refractivity contribution in [1.29, 1.82) is 0 Å². The van der Waals surface area contributed by atoms with Crippen LogP contribution in [0.1, 0.15) is 22.1 Å². The Labute approximate surface area is 118 Å². The first-order valence-corrected chi connectivity index (χ1v) is 6.26. The third-order valence-electron chi connectivity index (χ3n) is 2.78. The summed E-state index contributed by atoms with van der Waals surface area (Å²) in [5, 5.41) is -0.871. The molecular formula is C14H9Cl2F3. The molecule has 2 rings (SSSR count). The third-order valence-corrected chi connectivity index (χ3v) is 3.49. The molecule has 19 heavy (non-hydrogen) atoms. The lowest BCUT2D eigenvalue weighted by Gasteiger charge is -2.13. The van der Waals surface area contributed by atoms with Crippen molar-refractivity contribution in [1.82, 2.24) is 0 Å². The van der Waals surface area contributed by atoms with Crippen molar-refractivity contribution in [2.24, 2.45) is 0 Å². The fourth-order valence-electron chi connectivity index (χ4n) is 1.73. The fraction of sp³-hybridized carbons (Fsp3) is 0.143. The van der Waals surface area contributed by atoms with Crippen molar-refractivity contribution >= 4 is 23.2 Å². The number of halogens is 5. The molecule has 0 saturated carbocycles. The van der Waals surface area contributed by atoms with Gasteiger partial charge in [-0.2, -0.15) is 0 Å². The number of aryl methyl sites for hydroxylation is 1. The maximum Gasteiger partial charge on any atom is 0.128 e. The quantitative estimate of drug-likeness (QED) is 0.652. The van der Waals surface area contributed by atoms with Gasteiger partial charge in [-0.1, -0.05) is 11.6 Å². The van der Waals surface area contributed by atoms with Crippen LogP contribution >= 0.6 is 23.2 Å². The zero-order chi connectivity index (χ0) is 14.2. The highest BCUT2D eigenvalue weighted by molar-refractivity contribution is 6.30. The average molecular weight is 305 g/mol. The van der Waals surface area contributed by atoms with E-state index < -0.39 is 22.8 Å². The van der Waals surface area contributed by atoms with E-state index in [1.807, 2.05) is 0 Å².